The summed E-state index contributed by atoms with van der Waals surface area (Å²) < 4.78 is 0.810. The normalized spacial score (nSPS) is 10.3. The number of benzene rings is 2. The van der Waals surface area contributed by atoms with Gasteiger partial charge < -0.3 is 5.32 Å². The number of amides is 1. The highest BCUT2D eigenvalue weighted by molar-refractivity contribution is 9.10. The van der Waals surface area contributed by atoms with Crippen LogP contribution >= 0.6 is 50.7 Å². The molecule has 2 nitrogen and oxygen atoms in total. The van der Waals surface area contributed by atoms with Gasteiger partial charge in [-0.15, -0.1) is 0 Å². The van der Waals surface area contributed by atoms with Crippen LogP contribution in [0.25, 0.3) is 0 Å². The zero-order valence-electron chi connectivity index (χ0n) is 9.38. The molecule has 98 valence electrons. The smallest absolute Gasteiger partial charge is 0.257 e. The average molecular weight is 379 g/mol. The molecule has 6 heteroatoms. The summed E-state index contributed by atoms with van der Waals surface area (Å²) in [4.78, 5) is 12.1. The summed E-state index contributed by atoms with van der Waals surface area (Å²) in [7, 11) is 0. The molecule has 0 radical (unpaired) electrons. The summed E-state index contributed by atoms with van der Waals surface area (Å²) in [6.45, 7) is 0. The van der Waals surface area contributed by atoms with Gasteiger partial charge in [0.05, 0.1) is 26.3 Å². The summed E-state index contributed by atoms with van der Waals surface area (Å²) >= 11 is 21.2. The van der Waals surface area contributed by atoms with Gasteiger partial charge in [0.1, 0.15) is 0 Å². The number of carbonyl (C=O) groups is 1. The van der Waals surface area contributed by atoms with Crippen LogP contribution in [0.3, 0.4) is 0 Å². The average Bonchev–Trinajstić information content (AvgIpc) is 2.37. The van der Waals surface area contributed by atoms with Crippen molar-refractivity contribution in [3.05, 3.63) is 61.5 Å². The third kappa shape index (κ3) is 3.42. The van der Waals surface area contributed by atoms with E-state index in [1.54, 1.807) is 36.4 Å². The lowest BCUT2D eigenvalue weighted by molar-refractivity contribution is 0.102. The number of nitrogens with one attached hydrogen (secondary N) is 1. The molecule has 0 heterocycles. The topological polar surface area (TPSA) is 29.1 Å². The molecule has 0 aliphatic carbocycles. The fourth-order valence-corrected chi connectivity index (χ4v) is 2.37. The number of halogens is 4. The number of rotatable bonds is 2. The van der Waals surface area contributed by atoms with Crippen molar-refractivity contribution < 1.29 is 4.79 Å². The van der Waals surface area contributed by atoms with E-state index in [2.05, 4.69) is 21.2 Å². The van der Waals surface area contributed by atoms with Crippen molar-refractivity contribution in [3.63, 3.8) is 0 Å². The largest absolute Gasteiger partial charge is 0.321 e. The van der Waals surface area contributed by atoms with Crippen molar-refractivity contribution in [1.29, 1.82) is 0 Å². The predicted molar refractivity (Wildman–Crippen MR) is 83.6 cm³/mol. The van der Waals surface area contributed by atoms with E-state index < -0.39 is 0 Å². The lowest BCUT2D eigenvalue weighted by Crippen LogP contribution is -2.12. The van der Waals surface area contributed by atoms with Crippen LogP contribution in [-0.4, -0.2) is 5.91 Å². The van der Waals surface area contributed by atoms with E-state index in [0.717, 1.165) is 4.47 Å². The second kappa shape index (κ2) is 6.14. The summed E-state index contributed by atoms with van der Waals surface area (Å²) in [5.74, 6) is -0.368. The molecule has 0 aromatic heterocycles. The van der Waals surface area contributed by atoms with Crippen LogP contribution in [0.15, 0.2) is 40.9 Å². The van der Waals surface area contributed by atoms with Gasteiger partial charge in [0.2, 0.25) is 0 Å². The minimum absolute atomic E-state index is 0.216. The molecule has 1 N–H and O–H groups in total. The molecular formula is C13H7BrCl3NO. The quantitative estimate of drug-likeness (QED) is 0.716. The Morgan fingerprint density at radius 1 is 1.05 bits per heavy atom. The molecule has 0 spiro atoms. The van der Waals surface area contributed by atoms with Crippen LogP contribution in [-0.2, 0) is 0 Å². The summed E-state index contributed by atoms with van der Waals surface area (Å²) in [5.41, 5.74) is 0.794. The molecule has 2 rings (SSSR count). The molecule has 0 fully saturated rings. The minimum Gasteiger partial charge on any atom is -0.321 e. The van der Waals surface area contributed by atoms with Crippen molar-refractivity contribution in [2.24, 2.45) is 0 Å². The summed E-state index contributed by atoms with van der Waals surface area (Å²) in [6, 6.07) is 10.0. The summed E-state index contributed by atoms with van der Waals surface area (Å²) in [6.07, 6.45) is 0. The Morgan fingerprint density at radius 2 is 1.79 bits per heavy atom. The highest BCUT2D eigenvalue weighted by atomic mass is 79.9. The van der Waals surface area contributed by atoms with E-state index in [4.69, 9.17) is 34.8 Å². The van der Waals surface area contributed by atoms with Gasteiger partial charge in [-0.25, -0.2) is 0 Å². The third-order valence-electron chi connectivity index (χ3n) is 2.37. The first kappa shape index (κ1) is 14.7. The maximum atomic E-state index is 12.1. The number of carbonyl (C=O) groups excluding carboxylic acids is 1. The van der Waals surface area contributed by atoms with Gasteiger partial charge in [-0.2, -0.15) is 0 Å². The van der Waals surface area contributed by atoms with Crippen LogP contribution in [0, 0.1) is 0 Å². The number of anilines is 1. The van der Waals surface area contributed by atoms with E-state index in [1.165, 1.54) is 0 Å². The van der Waals surface area contributed by atoms with Gasteiger partial charge in [0.15, 0.2) is 0 Å². The molecule has 0 aliphatic rings. The molecule has 19 heavy (non-hydrogen) atoms. The fourth-order valence-electron chi connectivity index (χ4n) is 1.46. The Balaban J connectivity index is 2.31. The Kier molecular flexibility index (Phi) is 4.74. The van der Waals surface area contributed by atoms with Crippen molar-refractivity contribution >= 4 is 62.3 Å². The Bertz CT molecular complexity index is 646. The van der Waals surface area contributed by atoms with Gasteiger partial charge in [0.25, 0.3) is 5.91 Å². The molecule has 0 saturated carbocycles. The molecule has 1 amide bonds. The first-order valence-electron chi connectivity index (χ1n) is 5.19. The molecule has 2 aromatic carbocycles. The van der Waals surface area contributed by atoms with E-state index in [-0.39, 0.29) is 10.9 Å². The maximum Gasteiger partial charge on any atom is 0.257 e. The highest BCUT2D eigenvalue weighted by Crippen LogP contribution is 2.29. The van der Waals surface area contributed by atoms with Crippen molar-refractivity contribution in [1.82, 2.24) is 0 Å². The van der Waals surface area contributed by atoms with Crippen LogP contribution in [0.2, 0.25) is 15.1 Å². The summed E-state index contributed by atoms with van der Waals surface area (Å²) in [5, 5.41) is 3.67. The maximum absolute atomic E-state index is 12.1. The third-order valence-corrected chi connectivity index (χ3v) is 4.01. The molecule has 0 saturated heterocycles. The molecule has 0 aliphatic heterocycles. The van der Waals surface area contributed by atoms with Gasteiger partial charge in [-0.3, -0.25) is 4.79 Å². The fraction of sp³-hybridized carbons (Fsp3) is 0. The van der Waals surface area contributed by atoms with Crippen molar-refractivity contribution in [2.45, 2.75) is 0 Å². The van der Waals surface area contributed by atoms with Crippen molar-refractivity contribution in [3.8, 4) is 0 Å². The van der Waals surface area contributed by atoms with Crippen LogP contribution in [0.4, 0.5) is 5.69 Å². The zero-order chi connectivity index (χ0) is 14.0. The standard InChI is InChI=1S/C13H7BrCl3NO/c14-7-4-5-9(15)11(6-7)18-13(19)8-2-1-3-10(16)12(8)17/h1-6H,(H,18,19). The second-order valence-corrected chi connectivity index (χ2v) is 5.79. The monoisotopic (exact) mass is 377 g/mol. The Hall–Kier alpha value is -0.740. The molecule has 0 bridgehead atoms. The van der Waals surface area contributed by atoms with Gasteiger partial charge >= 0.3 is 0 Å². The van der Waals surface area contributed by atoms with Crippen molar-refractivity contribution in [2.75, 3.05) is 5.32 Å². The van der Waals surface area contributed by atoms with E-state index in [1.807, 2.05) is 0 Å². The molecule has 2 aromatic rings. The van der Waals surface area contributed by atoms with Gasteiger partial charge in [0, 0.05) is 4.47 Å². The highest BCUT2D eigenvalue weighted by Gasteiger charge is 2.14. The molecule has 0 unspecified atom stereocenters. The number of hydrogen-bond donors (Lipinski definition) is 1. The van der Waals surface area contributed by atoms with E-state index >= 15 is 0 Å². The van der Waals surface area contributed by atoms with Crippen LogP contribution in [0.1, 0.15) is 10.4 Å². The zero-order valence-corrected chi connectivity index (χ0v) is 13.2. The first-order chi connectivity index (χ1) is 8.99. The van der Waals surface area contributed by atoms with Crippen LogP contribution < -0.4 is 5.32 Å². The lowest BCUT2D eigenvalue weighted by Gasteiger charge is -2.09. The van der Waals surface area contributed by atoms with Gasteiger partial charge in [-0.1, -0.05) is 56.8 Å². The SMILES string of the molecule is O=C(Nc1cc(Br)ccc1Cl)c1cccc(Cl)c1Cl. The Morgan fingerprint density at radius 3 is 2.53 bits per heavy atom. The Labute approximate surface area is 133 Å². The molecular weight excluding hydrogens is 372 g/mol. The number of hydrogen-bond acceptors (Lipinski definition) is 1. The van der Waals surface area contributed by atoms with E-state index in [9.17, 15) is 4.79 Å². The van der Waals surface area contributed by atoms with Crippen LogP contribution in [0.5, 0.6) is 0 Å². The predicted octanol–water partition coefficient (Wildman–Crippen LogP) is 5.66. The van der Waals surface area contributed by atoms with Gasteiger partial charge in [-0.05, 0) is 30.3 Å². The second-order valence-electron chi connectivity index (χ2n) is 3.68. The minimum atomic E-state index is -0.368. The van der Waals surface area contributed by atoms with E-state index in [0.29, 0.717) is 21.3 Å². The lowest BCUT2D eigenvalue weighted by atomic mass is 10.2. The molecule has 0 atom stereocenters. The first-order valence-corrected chi connectivity index (χ1v) is 7.12.